The summed E-state index contributed by atoms with van der Waals surface area (Å²) in [6.07, 6.45) is 0.698. The Morgan fingerprint density at radius 1 is 1.33 bits per heavy atom. The number of carbonyl (C=O) groups excluding carboxylic acids is 1. The normalized spacial score (nSPS) is 20.3. The lowest BCUT2D eigenvalue weighted by Gasteiger charge is -2.08. The van der Waals surface area contributed by atoms with Crippen molar-refractivity contribution >= 4 is 58.1 Å². The van der Waals surface area contributed by atoms with Crippen LogP contribution < -0.4 is 10.6 Å². The third kappa shape index (κ3) is 3.58. The number of halogens is 4. The fourth-order valence-electron chi connectivity index (χ4n) is 1.46. The molecule has 2 N–H and O–H groups in total. The molecule has 3 nitrogen and oxygen atoms in total. The third-order valence-corrected chi connectivity index (χ3v) is 4.31. The van der Waals surface area contributed by atoms with E-state index in [1.165, 1.54) is 0 Å². The van der Waals surface area contributed by atoms with Crippen molar-refractivity contribution in [3.05, 3.63) is 28.2 Å². The highest BCUT2D eigenvalue weighted by atomic mass is 35.5. The summed E-state index contributed by atoms with van der Waals surface area (Å²) in [7, 11) is 0. The van der Waals surface area contributed by atoms with Crippen LogP contribution in [0, 0.1) is 5.92 Å². The van der Waals surface area contributed by atoms with Gasteiger partial charge in [-0.25, -0.2) is 4.79 Å². The van der Waals surface area contributed by atoms with Crippen LogP contribution in [0.4, 0.5) is 10.5 Å². The van der Waals surface area contributed by atoms with Gasteiger partial charge >= 0.3 is 6.03 Å². The molecule has 0 radical (unpaired) electrons. The lowest BCUT2D eigenvalue weighted by Crippen LogP contribution is -2.31. The summed E-state index contributed by atoms with van der Waals surface area (Å²) in [6, 6.07) is 4.53. The van der Waals surface area contributed by atoms with E-state index in [1.54, 1.807) is 18.2 Å². The van der Waals surface area contributed by atoms with E-state index >= 15 is 0 Å². The van der Waals surface area contributed by atoms with Crippen molar-refractivity contribution in [3.8, 4) is 0 Å². The number of urea groups is 1. The van der Waals surface area contributed by atoms with Gasteiger partial charge in [-0.05, 0) is 24.6 Å². The van der Waals surface area contributed by atoms with Gasteiger partial charge < -0.3 is 10.6 Å². The van der Waals surface area contributed by atoms with Gasteiger partial charge in [0.25, 0.3) is 0 Å². The molecule has 1 aromatic rings. The number of alkyl halides is 2. The van der Waals surface area contributed by atoms with E-state index in [0.717, 1.165) is 0 Å². The van der Waals surface area contributed by atoms with Gasteiger partial charge in [-0.15, -0.1) is 23.2 Å². The first-order valence-electron chi connectivity index (χ1n) is 5.26. The van der Waals surface area contributed by atoms with Crippen molar-refractivity contribution in [2.75, 3.05) is 11.9 Å². The Labute approximate surface area is 125 Å². The molecule has 2 amide bonds. The van der Waals surface area contributed by atoms with Crippen LogP contribution >= 0.6 is 46.4 Å². The van der Waals surface area contributed by atoms with Gasteiger partial charge in [-0.3, -0.25) is 0 Å². The Morgan fingerprint density at radius 3 is 2.56 bits per heavy atom. The first-order valence-corrected chi connectivity index (χ1v) is 6.77. The van der Waals surface area contributed by atoms with Crippen molar-refractivity contribution < 1.29 is 4.79 Å². The van der Waals surface area contributed by atoms with Gasteiger partial charge in [0.2, 0.25) is 0 Å². The molecule has 0 bridgehead atoms. The highest BCUT2D eigenvalue weighted by molar-refractivity contribution is 6.50. The summed E-state index contributed by atoms with van der Waals surface area (Å²) in [5, 5.41) is 6.15. The predicted molar refractivity (Wildman–Crippen MR) is 76.0 cm³/mol. The number of rotatable bonds is 3. The topological polar surface area (TPSA) is 41.1 Å². The van der Waals surface area contributed by atoms with Crippen molar-refractivity contribution in [2.45, 2.75) is 10.8 Å². The number of benzene rings is 1. The molecule has 1 atom stereocenters. The molecule has 0 aromatic heterocycles. The molecular weight excluding hydrogens is 318 g/mol. The standard InChI is InChI=1S/C11H10Cl4N2O/c12-8-2-1-7(3-9(8)13)17-10(18)16-5-6-4-11(6,14)15/h1-3,6H,4-5H2,(H2,16,17,18)/t6-/m1/s1. The van der Waals surface area contributed by atoms with E-state index in [-0.39, 0.29) is 11.9 Å². The van der Waals surface area contributed by atoms with Gasteiger partial charge in [0, 0.05) is 18.2 Å². The fourth-order valence-corrected chi connectivity index (χ4v) is 2.28. The summed E-state index contributed by atoms with van der Waals surface area (Å²) in [5.74, 6) is 0.111. The predicted octanol–water partition coefficient (Wildman–Crippen LogP) is 4.31. The molecule has 2 rings (SSSR count). The minimum atomic E-state index is -0.684. The molecule has 0 unspecified atom stereocenters. The van der Waals surface area contributed by atoms with Gasteiger partial charge in [0.15, 0.2) is 0 Å². The monoisotopic (exact) mass is 326 g/mol. The van der Waals surface area contributed by atoms with Crippen LogP contribution in [0.2, 0.25) is 10.0 Å². The Morgan fingerprint density at radius 2 is 2.00 bits per heavy atom. The van der Waals surface area contributed by atoms with Crippen LogP contribution in [0.3, 0.4) is 0 Å². The minimum absolute atomic E-state index is 0.111. The maximum Gasteiger partial charge on any atom is 0.319 e. The van der Waals surface area contributed by atoms with E-state index in [2.05, 4.69) is 10.6 Å². The summed E-state index contributed by atoms with van der Waals surface area (Å²) in [6.45, 7) is 0.445. The molecule has 1 saturated carbocycles. The first kappa shape index (κ1) is 14.1. The average molecular weight is 328 g/mol. The molecule has 1 aliphatic rings. The molecule has 0 spiro atoms. The molecule has 7 heteroatoms. The summed E-state index contributed by atoms with van der Waals surface area (Å²) >= 11 is 23.3. The summed E-state index contributed by atoms with van der Waals surface area (Å²) < 4.78 is -0.684. The van der Waals surface area contributed by atoms with Gasteiger partial charge in [-0.1, -0.05) is 23.2 Å². The van der Waals surface area contributed by atoms with Crippen LogP contribution in [0.25, 0.3) is 0 Å². The quantitative estimate of drug-likeness (QED) is 0.798. The summed E-state index contributed by atoms with van der Waals surface area (Å²) in [5.41, 5.74) is 0.570. The Hall–Kier alpha value is -0.350. The lowest BCUT2D eigenvalue weighted by molar-refractivity contribution is 0.251. The molecule has 1 fully saturated rings. The zero-order chi connectivity index (χ0) is 13.3. The second-order valence-electron chi connectivity index (χ2n) is 4.13. The van der Waals surface area contributed by atoms with Crippen LogP contribution in [0.1, 0.15) is 6.42 Å². The molecule has 1 aliphatic carbocycles. The molecule has 0 aliphatic heterocycles. The van der Waals surface area contributed by atoms with E-state index in [9.17, 15) is 4.79 Å². The van der Waals surface area contributed by atoms with Gasteiger partial charge in [0.1, 0.15) is 4.33 Å². The van der Waals surface area contributed by atoms with Gasteiger partial charge in [-0.2, -0.15) is 0 Å². The molecule has 98 valence electrons. The molecule has 1 aromatic carbocycles. The molecular formula is C11H10Cl4N2O. The lowest BCUT2D eigenvalue weighted by atomic mass is 10.3. The number of hydrogen-bond donors (Lipinski definition) is 2. The number of hydrogen-bond acceptors (Lipinski definition) is 1. The van der Waals surface area contributed by atoms with Crippen LogP contribution in [0.15, 0.2) is 18.2 Å². The van der Waals surface area contributed by atoms with Gasteiger partial charge in [0.05, 0.1) is 10.0 Å². The fraction of sp³-hybridized carbons (Fsp3) is 0.364. The second kappa shape index (κ2) is 5.33. The van der Waals surface area contributed by atoms with Crippen LogP contribution in [-0.2, 0) is 0 Å². The first-order chi connectivity index (χ1) is 8.38. The molecule has 0 saturated heterocycles. The number of anilines is 1. The minimum Gasteiger partial charge on any atom is -0.337 e. The number of amides is 2. The zero-order valence-corrected chi connectivity index (χ0v) is 12.2. The largest absolute Gasteiger partial charge is 0.337 e. The van der Waals surface area contributed by atoms with E-state index < -0.39 is 4.33 Å². The number of carbonyl (C=O) groups is 1. The van der Waals surface area contributed by atoms with Crippen molar-refractivity contribution in [3.63, 3.8) is 0 Å². The highest BCUT2D eigenvalue weighted by Gasteiger charge is 2.51. The smallest absolute Gasteiger partial charge is 0.319 e. The van der Waals surface area contributed by atoms with E-state index in [0.29, 0.717) is 28.7 Å². The SMILES string of the molecule is O=C(NC[C@H]1CC1(Cl)Cl)Nc1ccc(Cl)c(Cl)c1. The Kier molecular flexibility index (Phi) is 4.17. The Bertz CT molecular complexity index is 478. The Balaban J connectivity index is 1.82. The maximum atomic E-state index is 11.6. The van der Waals surface area contributed by atoms with Crippen LogP contribution in [0.5, 0.6) is 0 Å². The maximum absolute atomic E-state index is 11.6. The summed E-state index contributed by atoms with van der Waals surface area (Å²) in [4.78, 5) is 11.6. The van der Waals surface area contributed by atoms with E-state index in [4.69, 9.17) is 46.4 Å². The third-order valence-electron chi connectivity index (χ3n) is 2.64. The van der Waals surface area contributed by atoms with Crippen molar-refractivity contribution in [2.24, 2.45) is 5.92 Å². The van der Waals surface area contributed by atoms with Crippen molar-refractivity contribution in [1.82, 2.24) is 5.32 Å². The highest BCUT2D eigenvalue weighted by Crippen LogP contribution is 2.52. The zero-order valence-electron chi connectivity index (χ0n) is 9.14. The van der Waals surface area contributed by atoms with E-state index in [1.807, 2.05) is 0 Å². The van der Waals surface area contributed by atoms with Crippen molar-refractivity contribution in [1.29, 1.82) is 0 Å². The number of nitrogens with one attached hydrogen (secondary N) is 2. The molecule has 0 heterocycles. The van der Waals surface area contributed by atoms with Crippen LogP contribution in [-0.4, -0.2) is 16.9 Å². The second-order valence-corrected chi connectivity index (χ2v) is 6.48. The average Bonchev–Trinajstić information content (AvgIpc) is 2.89. The molecule has 18 heavy (non-hydrogen) atoms.